The third-order valence-electron chi connectivity index (χ3n) is 3.87. The lowest BCUT2D eigenvalue weighted by molar-refractivity contribution is -0.156. The Morgan fingerprint density at radius 2 is 2.33 bits per heavy atom. The van der Waals surface area contributed by atoms with Crippen LogP contribution < -0.4 is 0 Å². The molecule has 2 saturated heterocycles. The number of carbonyl (C=O) groups is 1. The van der Waals surface area contributed by atoms with E-state index < -0.39 is 6.29 Å². The Kier molecular flexibility index (Phi) is 2.84. The smallest absolute Gasteiger partial charge is 0.218 e. The van der Waals surface area contributed by atoms with Gasteiger partial charge in [-0.15, -0.1) is 5.10 Å². The zero-order chi connectivity index (χ0) is 14.6. The zero-order valence-corrected chi connectivity index (χ0v) is 12.1. The molecular weight excluding hydrogens is 294 g/mol. The number of furan rings is 1. The van der Waals surface area contributed by atoms with Crippen molar-refractivity contribution in [1.82, 2.24) is 14.3 Å². The Balaban J connectivity index is 1.77. The van der Waals surface area contributed by atoms with E-state index in [9.17, 15) is 4.79 Å². The van der Waals surface area contributed by atoms with Gasteiger partial charge in [-0.3, -0.25) is 4.79 Å². The molecule has 4 rings (SSSR count). The summed E-state index contributed by atoms with van der Waals surface area (Å²) < 4.78 is 20.2. The van der Waals surface area contributed by atoms with Crippen LogP contribution >= 0.6 is 12.2 Å². The van der Waals surface area contributed by atoms with Gasteiger partial charge in [0.05, 0.1) is 18.9 Å². The highest BCUT2D eigenvalue weighted by Crippen LogP contribution is 2.33. The van der Waals surface area contributed by atoms with E-state index >= 15 is 0 Å². The molecule has 0 unspecified atom stereocenters. The third-order valence-corrected chi connectivity index (χ3v) is 4.33. The third kappa shape index (κ3) is 1.90. The van der Waals surface area contributed by atoms with Crippen molar-refractivity contribution in [3.63, 3.8) is 0 Å². The van der Waals surface area contributed by atoms with Gasteiger partial charge in [-0.1, -0.05) is 0 Å². The predicted octanol–water partition coefficient (Wildman–Crippen LogP) is 1.47. The number of aromatic nitrogens is 3. The summed E-state index contributed by atoms with van der Waals surface area (Å²) in [5.41, 5.74) is 0. The molecule has 0 saturated carbocycles. The summed E-state index contributed by atoms with van der Waals surface area (Å²) in [6.45, 7) is 0.384. The predicted molar refractivity (Wildman–Crippen MR) is 73.0 cm³/mol. The lowest BCUT2D eigenvalue weighted by Crippen LogP contribution is -2.37. The minimum absolute atomic E-state index is 0.0687. The molecule has 2 bridgehead atoms. The standard InChI is InChI=1S/C13H13N3O4S/c1-15-11(9-3-2-4-18-9)14-16(13(15)21)7-5-8(17)12-19-6-10(7)20-12/h2-4,7,10,12H,5-6H2,1H3/t7-,10-,12+/m1/s1. The fourth-order valence-electron chi connectivity index (χ4n) is 2.76. The van der Waals surface area contributed by atoms with E-state index in [-0.39, 0.29) is 17.9 Å². The van der Waals surface area contributed by atoms with Crippen molar-refractivity contribution >= 4 is 18.0 Å². The van der Waals surface area contributed by atoms with Crippen molar-refractivity contribution in [3.05, 3.63) is 23.2 Å². The number of ether oxygens (including phenoxy) is 2. The number of hydrogen-bond donors (Lipinski definition) is 0. The largest absolute Gasteiger partial charge is 0.461 e. The SMILES string of the molecule is Cn1c(-c2ccco2)nn([C@@H]2CC(=O)[C@H]3OC[C@H]2O3)c1=S. The van der Waals surface area contributed by atoms with Crippen molar-refractivity contribution in [2.75, 3.05) is 6.61 Å². The Morgan fingerprint density at radius 3 is 3.10 bits per heavy atom. The van der Waals surface area contributed by atoms with Gasteiger partial charge in [-0.25, -0.2) is 4.68 Å². The molecule has 4 heterocycles. The Labute approximate surface area is 125 Å². The summed E-state index contributed by atoms with van der Waals surface area (Å²) in [4.78, 5) is 11.9. The fourth-order valence-corrected chi connectivity index (χ4v) is 3.02. The van der Waals surface area contributed by atoms with E-state index in [1.165, 1.54) is 0 Å². The summed E-state index contributed by atoms with van der Waals surface area (Å²) in [6.07, 6.45) is 0.991. The van der Waals surface area contributed by atoms with Crippen LogP contribution in [0, 0.1) is 4.77 Å². The van der Waals surface area contributed by atoms with E-state index in [0.717, 1.165) is 0 Å². The van der Waals surface area contributed by atoms with Crippen LogP contribution in [0.4, 0.5) is 0 Å². The van der Waals surface area contributed by atoms with E-state index in [1.807, 2.05) is 13.1 Å². The summed E-state index contributed by atoms with van der Waals surface area (Å²) >= 11 is 5.44. The molecule has 2 fully saturated rings. The molecular formula is C13H13N3O4S. The highest BCUT2D eigenvalue weighted by molar-refractivity contribution is 7.71. The quantitative estimate of drug-likeness (QED) is 0.782. The van der Waals surface area contributed by atoms with Gasteiger partial charge in [-0.2, -0.15) is 0 Å². The minimum Gasteiger partial charge on any atom is -0.461 e. The molecule has 2 aromatic heterocycles. The summed E-state index contributed by atoms with van der Waals surface area (Å²) in [5.74, 6) is 1.19. The maximum atomic E-state index is 11.9. The molecule has 0 aromatic carbocycles. The van der Waals surface area contributed by atoms with E-state index in [2.05, 4.69) is 5.10 Å². The molecule has 0 N–H and O–H groups in total. The van der Waals surface area contributed by atoms with Gasteiger partial charge >= 0.3 is 0 Å². The topological polar surface area (TPSA) is 71.4 Å². The van der Waals surface area contributed by atoms with Gasteiger partial charge in [0.2, 0.25) is 6.29 Å². The minimum atomic E-state index is -0.714. The lowest BCUT2D eigenvalue weighted by atomic mass is 10.0. The second-order valence-corrected chi connectivity index (χ2v) is 5.53. The van der Waals surface area contributed by atoms with Gasteiger partial charge < -0.3 is 18.5 Å². The summed E-state index contributed by atoms with van der Waals surface area (Å²) in [6, 6.07) is 3.37. The molecule has 2 aromatic rings. The number of ketones is 1. The maximum absolute atomic E-state index is 11.9. The Bertz CT molecular complexity index is 748. The zero-order valence-electron chi connectivity index (χ0n) is 11.3. The number of carbonyl (C=O) groups excluding carboxylic acids is 1. The average Bonchev–Trinajstić information content (AvgIpc) is 3.18. The van der Waals surface area contributed by atoms with Crippen LogP contribution in [0.15, 0.2) is 22.8 Å². The first-order valence-electron chi connectivity index (χ1n) is 6.64. The number of Topliss-reactive ketones (excluding diaryl/α,β-unsaturated/α-hetero) is 1. The fraction of sp³-hybridized carbons (Fsp3) is 0.462. The molecule has 0 radical (unpaired) electrons. The number of hydrogen-bond acceptors (Lipinski definition) is 6. The molecule has 2 aliphatic heterocycles. The van der Waals surface area contributed by atoms with Crippen LogP contribution in [-0.2, 0) is 21.3 Å². The molecule has 3 atom stereocenters. The van der Waals surface area contributed by atoms with Gasteiger partial charge in [0, 0.05) is 13.5 Å². The van der Waals surface area contributed by atoms with E-state index in [4.69, 9.17) is 26.1 Å². The number of nitrogens with zero attached hydrogens (tertiary/aromatic N) is 3. The van der Waals surface area contributed by atoms with Gasteiger partial charge in [0.1, 0.15) is 6.10 Å². The molecule has 2 aliphatic rings. The second-order valence-electron chi connectivity index (χ2n) is 5.16. The maximum Gasteiger partial charge on any atom is 0.218 e. The van der Waals surface area contributed by atoms with Crippen LogP contribution in [0.5, 0.6) is 0 Å². The number of rotatable bonds is 2. The van der Waals surface area contributed by atoms with Crippen LogP contribution in [0.1, 0.15) is 12.5 Å². The van der Waals surface area contributed by atoms with Gasteiger partial charge in [-0.05, 0) is 24.4 Å². The highest BCUT2D eigenvalue weighted by Gasteiger charge is 2.45. The highest BCUT2D eigenvalue weighted by atomic mass is 32.1. The monoisotopic (exact) mass is 307 g/mol. The molecule has 21 heavy (non-hydrogen) atoms. The van der Waals surface area contributed by atoms with Crippen LogP contribution in [0.25, 0.3) is 11.6 Å². The Morgan fingerprint density at radius 1 is 1.48 bits per heavy atom. The normalized spacial score (nSPS) is 28.2. The molecule has 110 valence electrons. The van der Waals surface area contributed by atoms with Crippen molar-refractivity contribution in [1.29, 1.82) is 0 Å². The van der Waals surface area contributed by atoms with Crippen LogP contribution in [-0.4, -0.2) is 39.1 Å². The van der Waals surface area contributed by atoms with Crippen molar-refractivity contribution in [2.45, 2.75) is 24.9 Å². The first kappa shape index (κ1) is 12.9. The van der Waals surface area contributed by atoms with E-state index in [0.29, 0.717) is 29.4 Å². The first-order chi connectivity index (χ1) is 10.1. The summed E-state index contributed by atoms with van der Waals surface area (Å²) in [7, 11) is 1.82. The second kappa shape index (κ2) is 4.62. The average molecular weight is 307 g/mol. The van der Waals surface area contributed by atoms with Crippen LogP contribution in [0.2, 0.25) is 0 Å². The van der Waals surface area contributed by atoms with Gasteiger partial charge in [0.25, 0.3) is 0 Å². The van der Waals surface area contributed by atoms with Crippen molar-refractivity contribution < 1.29 is 18.7 Å². The molecule has 0 spiro atoms. The summed E-state index contributed by atoms with van der Waals surface area (Å²) in [5, 5.41) is 4.52. The van der Waals surface area contributed by atoms with E-state index in [1.54, 1.807) is 21.6 Å². The van der Waals surface area contributed by atoms with Crippen molar-refractivity contribution in [2.24, 2.45) is 7.05 Å². The number of fused-ring (bicyclic) bond motifs is 2. The van der Waals surface area contributed by atoms with Crippen molar-refractivity contribution in [3.8, 4) is 11.6 Å². The van der Waals surface area contributed by atoms with Crippen LogP contribution in [0.3, 0.4) is 0 Å². The van der Waals surface area contributed by atoms with Gasteiger partial charge in [0.15, 0.2) is 22.1 Å². The lowest BCUT2D eigenvalue weighted by Gasteiger charge is -2.26. The molecule has 0 aliphatic carbocycles. The Hall–Kier alpha value is -1.77. The molecule has 8 heteroatoms. The molecule has 7 nitrogen and oxygen atoms in total. The first-order valence-corrected chi connectivity index (χ1v) is 7.05. The molecule has 0 amide bonds.